The van der Waals surface area contributed by atoms with E-state index in [1.54, 1.807) is 7.05 Å². The van der Waals surface area contributed by atoms with Crippen molar-refractivity contribution in [1.29, 1.82) is 0 Å². The molecule has 0 aromatic rings. The Balaban J connectivity index is 5.02. The number of nitrogens with zero attached hydrogens (tertiary/aromatic N) is 1. The molecule has 0 aliphatic rings. The van der Waals surface area contributed by atoms with Gasteiger partial charge in [-0.15, -0.1) is 0 Å². The first-order chi connectivity index (χ1) is 14.0. The number of hydrogen-bond acceptors (Lipinski definition) is 7. The molecule has 0 rings (SSSR count). The van der Waals surface area contributed by atoms with Crippen LogP contribution >= 0.6 is 0 Å². The standard InChI is InChI=1S/C18H35N7O4/c1-20-8-4-3-6-15(24-16(27)12-21-2)18(29)25-14(7-5-9-22-13-19)17(28)23-10-11-26/h11,13-15,20-21H,3-10,12H2,1-2H3,(H2,19,22)(H,23,28)(H,24,27)(H,25,29). The molecule has 0 heterocycles. The molecule has 11 nitrogen and oxygen atoms in total. The number of rotatable bonds is 17. The highest BCUT2D eigenvalue weighted by atomic mass is 16.2. The first kappa shape index (κ1) is 26.5. The molecule has 2 atom stereocenters. The first-order valence-corrected chi connectivity index (χ1v) is 9.80. The Bertz CT molecular complexity index is 528. The molecular weight excluding hydrogens is 378 g/mol. The third kappa shape index (κ3) is 13.3. The molecular formula is C18H35N7O4. The third-order valence-electron chi connectivity index (χ3n) is 4.04. The summed E-state index contributed by atoms with van der Waals surface area (Å²) in [5.41, 5.74) is 5.20. The highest BCUT2D eigenvalue weighted by Crippen LogP contribution is 2.04. The lowest BCUT2D eigenvalue weighted by Gasteiger charge is -2.23. The normalized spacial score (nSPS) is 12.9. The summed E-state index contributed by atoms with van der Waals surface area (Å²) >= 11 is 0. The lowest BCUT2D eigenvalue weighted by Crippen LogP contribution is -2.54. The van der Waals surface area contributed by atoms with Crippen LogP contribution in [0.4, 0.5) is 0 Å². The summed E-state index contributed by atoms with van der Waals surface area (Å²) in [4.78, 5) is 51.4. The highest BCUT2D eigenvalue weighted by molar-refractivity contribution is 5.92. The zero-order valence-electron chi connectivity index (χ0n) is 17.3. The van der Waals surface area contributed by atoms with E-state index in [0.717, 1.165) is 19.4 Å². The van der Waals surface area contributed by atoms with Crippen molar-refractivity contribution in [3.63, 3.8) is 0 Å². The van der Waals surface area contributed by atoms with Crippen LogP contribution in [-0.2, 0) is 19.2 Å². The van der Waals surface area contributed by atoms with Gasteiger partial charge in [-0.1, -0.05) is 0 Å². The third-order valence-corrected chi connectivity index (χ3v) is 4.04. The number of hydrogen-bond donors (Lipinski definition) is 6. The molecule has 7 N–H and O–H groups in total. The predicted octanol–water partition coefficient (Wildman–Crippen LogP) is -2.35. The number of nitrogens with two attached hydrogens (primary N) is 1. The van der Waals surface area contributed by atoms with Crippen LogP contribution < -0.4 is 32.3 Å². The number of aliphatic imine (C=N–C) groups is 1. The summed E-state index contributed by atoms with van der Waals surface area (Å²) in [6.07, 6.45) is 4.62. The average Bonchev–Trinajstić information content (AvgIpc) is 2.70. The van der Waals surface area contributed by atoms with E-state index in [1.165, 1.54) is 6.34 Å². The van der Waals surface area contributed by atoms with Crippen molar-refractivity contribution in [2.24, 2.45) is 10.7 Å². The van der Waals surface area contributed by atoms with E-state index in [9.17, 15) is 19.2 Å². The van der Waals surface area contributed by atoms with E-state index < -0.39 is 23.9 Å². The Hall–Kier alpha value is -2.53. The maximum absolute atomic E-state index is 12.8. The summed E-state index contributed by atoms with van der Waals surface area (Å²) in [7, 11) is 3.48. The van der Waals surface area contributed by atoms with E-state index in [1.807, 2.05) is 7.05 Å². The van der Waals surface area contributed by atoms with Gasteiger partial charge in [-0.25, -0.2) is 0 Å². The van der Waals surface area contributed by atoms with Gasteiger partial charge in [0.05, 0.1) is 19.4 Å². The van der Waals surface area contributed by atoms with Crippen LogP contribution in [0.25, 0.3) is 0 Å². The number of amides is 3. The van der Waals surface area contributed by atoms with E-state index in [0.29, 0.717) is 32.1 Å². The Morgan fingerprint density at radius 2 is 1.66 bits per heavy atom. The fraction of sp³-hybridized carbons (Fsp3) is 0.722. The van der Waals surface area contributed by atoms with Gasteiger partial charge < -0.3 is 37.1 Å². The maximum atomic E-state index is 12.8. The molecule has 0 saturated heterocycles. The molecule has 2 unspecified atom stereocenters. The molecule has 0 aliphatic carbocycles. The second-order valence-corrected chi connectivity index (χ2v) is 6.42. The second-order valence-electron chi connectivity index (χ2n) is 6.42. The van der Waals surface area contributed by atoms with Gasteiger partial charge in [0.25, 0.3) is 0 Å². The second kappa shape index (κ2) is 17.6. The van der Waals surface area contributed by atoms with Gasteiger partial charge >= 0.3 is 0 Å². The van der Waals surface area contributed by atoms with E-state index in [-0.39, 0.29) is 19.0 Å². The van der Waals surface area contributed by atoms with Crippen molar-refractivity contribution in [3.05, 3.63) is 0 Å². The summed E-state index contributed by atoms with van der Waals surface area (Å²) in [5.74, 6) is -1.20. The predicted molar refractivity (Wildman–Crippen MR) is 111 cm³/mol. The number of likely N-dealkylation sites (N-methyl/N-ethyl adjacent to an activating group) is 1. The molecule has 0 saturated carbocycles. The topological polar surface area (TPSA) is 167 Å². The van der Waals surface area contributed by atoms with Crippen molar-refractivity contribution in [3.8, 4) is 0 Å². The van der Waals surface area contributed by atoms with Gasteiger partial charge in [0.15, 0.2) is 0 Å². The fourth-order valence-electron chi connectivity index (χ4n) is 2.59. The lowest BCUT2D eigenvalue weighted by molar-refractivity contribution is -0.132. The summed E-state index contributed by atoms with van der Waals surface area (Å²) < 4.78 is 0. The quantitative estimate of drug-likeness (QED) is 0.0671. The van der Waals surface area contributed by atoms with Crippen molar-refractivity contribution < 1.29 is 19.2 Å². The molecule has 166 valence electrons. The average molecular weight is 414 g/mol. The minimum absolute atomic E-state index is 0.0840. The number of carbonyl (C=O) groups excluding carboxylic acids is 4. The van der Waals surface area contributed by atoms with E-state index in [4.69, 9.17) is 5.73 Å². The van der Waals surface area contributed by atoms with Crippen LogP contribution in [-0.4, -0.2) is 82.7 Å². The maximum Gasteiger partial charge on any atom is 0.243 e. The van der Waals surface area contributed by atoms with Crippen LogP contribution in [0.3, 0.4) is 0 Å². The molecule has 0 aromatic carbocycles. The molecule has 29 heavy (non-hydrogen) atoms. The van der Waals surface area contributed by atoms with Gasteiger partial charge in [-0.05, 0) is 52.7 Å². The molecule has 0 fully saturated rings. The molecule has 0 radical (unpaired) electrons. The minimum Gasteiger partial charge on any atom is -0.390 e. The monoisotopic (exact) mass is 413 g/mol. The number of aldehydes is 1. The lowest BCUT2D eigenvalue weighted by atomic mass is 10.1. The molecule has 3 amide bonds. The van der Waals surface area contributed by atoms with Crippen LogP contribution in [0, 0.1) is 0 Å². The van der Waals surface area contributed by atoms with Crippen molar-refractivity contribution >= 4 is 30.3 Å². The van der Waals surface area contributed by atoms with E-state index >= 15 is 0 Å². The molecule has 0 aliphatic heterocycles. The smallest absolute Gasteiger partial charge is 0.243 e. The van der Waals surface area contributed by atoms with Crippen LogP contribution in [0.2, 0.25) is 0 Å². The van der Waals surface area contributed by atoms with Crippen molar-refractivity contribution in [2.75, 3.05) is 40.3 Å². The Labute approximate surface area is 172 Å². The first-order valence-electron chi connectivity index (χ1n) is 9.80. The fourth-order valence-corrected chi connectivity index (χ4v) is 2.59. The van der Waals surface area contributed by atoms with Crippen LogP contribution in [0.15, 0.2) is 4.99 Å². The van der Waals surface area contributed by atoms with Gasteiger partial charge in [0.1, 0.15) is 18.4 Å². The van der Waals surface area contributed by atoms with Gasteiger partial charge in [-0.3, -0.25) is 19.4 Å². The van der Waals surface area contributed by atoms with Gasteiger partial charge in [-0.2, -0.15) is 0 Å². The summed E-state index contributed by atoms with van der Waals surface area (Å²) in [6.45, 7) is 1.16. The zero-order chi connectivity index (χ0) is 21.9. The Morgan fingerprint density at radius 1 is 0.966 bits per heavy atom. The minimum atomic E-state index is -0.837. The van der Waals surface area contributed by atoms with Gasteiger partial charge in [0, 0.05) is 6.54 Å². The molecule has 0 spiro atoms. The number of carbonyl (C=O) groups is 4. The Kier molecular flexibility index (Phi) is 16.0. The van der Waals surface area contributed by atoms with Crippen LogP contribution in [0.5, 0.6) is 0 Å². The zero-order valence-corrected chi connectivity index (χ0v) is 17.3. The van der Waals surface area contributed by atoms with Crippen molar-refractivity contribution in [1.82, 2.24) is 26.6 Å². The molecule has 0 bridgehead atoms. The number of unbranched alkanes of at least 4 members (excludes halogenated alkanes) is 1. The van der Waals surface area contributed by atoms with Crippen LogP contribution in [0.1, 0.15) is 32.1 Å². The number of nitrogens with one attached hydrogen (secondary N) is 5. The SMILES string of the molecule is CNCCCCC(NC(=O)CNC)C(=O)NC(CCCN=CN)C(=O)NCC=O. The Morgan fingerprint density at radius 3 is 2.28 bits per heavy atom. The summed E-state index contributed by atoms with van der Waals surface area (Å²) in [5, 5.41) is 13.6. The van der Waals surface area contributed by atoms with E-state index in [2.05, 4.69) is 31.6 Å². The summed E-state index contributed by atoms with van der Waals surface area (Å²) in [6, 6.07) is -1.59. The highest BCUT2D eigenvalue weighted by Gasteiger charge is 2.26. The largest absolute Gasteiger partial charge is 0.390 e. The molecule has 11 heteroatoms. The molecule has 0 aromatic heterocycles. The van der Waals surface area contributed by atoms with Crippen molar-refractivity contribution in [2.45, 2.75) is 44.2 Å². The van der Waals surface area contributed by atoms with Gasteiger partial charge in [0.2, 0.25) is 17.7 Å².